The SMILES string of the molecule is CCOc1ccc2c(c1)C(=O)CC(C)(CC(=O)O)O2. The van der Waals surface area contributed by atoms with Gasteiger partial charge in [-0.2, -0.15) is 0 Å². The smallest absolute Gasteiger partial charge is 0.307 e. The topological polar surface area (TPSA) is 72.8 Å². The third-order valence-electron chi connectivity index (χ3n) is 2.98. The molecule has 1 aromatic rings. The van der Waals surface area contributed by atoms with Crippen molar-refractivity contribution in [3.8, 4) is 11.5 Å². The number of fused-ring (bicyclic) bond motifs is 1. The summed E-state index contributed by atoms with van der Waals surface area (Å²) in [6.07, 6.45) is -0.146. The van der Waals surface area contributed by atoms with E-state index in [9.17, 15) is 9.59 Å². The van der Waals surface area contributed by atoms with Gasteiger partial charge >= 0.3 is 5.97 Å². The minimum absolute atomic E-state index is 0.0574. The largest absolute Gasteiger partial charge is 0.494 e. The Morgan fingerprint density at radius 1 is 1.53 bits per heavy atom. The molecule has 0 saturated heterocycles. The molecule has 0 bridgehead atoms. The van der Waals surface area contributed by atoms with Gasteiger partial charge in [-0.25, -0.2) is 0 Å². The van der Waals surface area contributed by atoms with Crippen molar-refractivity contribution in [2.45, 2.75) is 32.3 Å². The number of carbonyl (C=O) groups is 2. The van der Waals surface area contributed by atoms with E-state index in [2.05, 4.69) is 0 Å². The maximum Gasteiger partial charge on any atom is 0.307 e. The first kappa shape index (κ1) is 13.4. The maximum absolute atomic E-state index is 12.1. The molecule has 0 fully saturated rings. The standard InChI is InChI=1S/C14H16O5/c1-3-18-9-4-5-12-10(6-9)11(15)7-14(2,19-12)8-13(16)17/h4-6H,3,7-8H2,1-2H3,(H,16,17). The first-order valence-electron chi connectivity index (χ1n) is 6.14. The number of benzene rings is 1. The van der Waals surface area contributed by atoms with Crippen molar-refractivity contribution in [1.29, 1.82) is 0 Å². The van der Waals surface area contributed by atoms with Crippen LogP contribution in [0.25, 0.3) is 0 Å². The van der Waals surface area contributed by atoms with Crippen molar-refractivity contribution in [2.75, 3.05) is 6.61 Å². The second-order valence-corrected chi connectivity index (χ2v) is 4.81. The maximum atomic E-state index is 12.1. The molecule has 1 aliphatic heterocycles. The second-order valence-electron chi connectivity index (χ2n) is 4.81. The molecule has 0 radical (unpaired) electrons. The van der Waals surface area contributed by atoms with Crippen molar-refractivity contribution in [1.82, 2.24) is 0 Å². The van der Waals surface area contributed by atoms with Gasteiger partial charge in [-0.1, -0.05) is 0 Å². The van der Waals surface area contributed by atoms with Crippen LogP contribution in [0.4, 0.5) is 0 Å². The first-order chi connectivity index (χ1) is 8.93. The zero-order valence-corrected chi connectivity index (χ0v) is 10.9. The molecule has 5 nitrogen and oxygen atoms in total. The van der Waals surface area contributed by atoms with Gasteiger partial charge in [0.15, 0.2) is 5.78 Å². The van der Waals surface area contributed by atoms with Crippen LogP contribution in [0.15, 0.2) is 18.2 Å². The van der Waals surface area contributed by atoms with E-state index in [1.54, 1.807) is 25.1 Å². The molecule has 1 N–H and O–H groups in total. The van der Waals surface area contributed by atoms with Gasteiger partial charge in [-0.05, 0) is 32.0 Å². The lowest BCUT2D eigenvalue weighted by atomic mass is 9.89. The van der Waals surface area contributed by atoms with E-state index in [1.165, 1.54) is 0 Å². The lowest BCUT2D eigenvalue weighted by Crippen LogP contribution is -2.41. The number of rotatable bonds is 4. The third-order valence-corrected chi connectivity index (χ3v) is 2.98. The van der Waals surface area contributed by atoms with Crippen LogP contribution >= 0.6 is 0 Å². The van der Waals surface area contributed by atoms with Gasteiger partial charge in [0.25, 0.3) is 0 Å². The number of aliphatic carboxylic acids is 1. The van der Waals surface area contributed by atoms with Gasteiger partial charge in [0, 0.05) is 0 Å². The van der Waals surface area contributed by atoms with Crippen molar-refractivity contribution < 1.29 is 24.2 Å². The first-order valence-corrected chi connectivity index (χ1v) is 6.14. The van der Waals surface area contributed by atoms with Crippen LogP contribution in [0, 0.1) is 0 Å². The Hall–Kier alpha value is -2.04. The van der Waals surface area contributed by atoms with E-state index >= 15 is 0 Å². The summed E-state index contributed by atoms with van der Waals surface area (Å²) in [4.78, 5) is 22.9. The minimum Gasteiger partial charge on any atom is -0.494 e. The monoisotopic (exact) mass is 264 g/mol. The molecule has 0 aromatic heterocycles. The molecule has 0 spiro atoms. The van der Waals surface area contributed by atoms with E-state index in [-0.39, 0.29) is 18.6 Å². The molecule has 0 saturated carbocycles. The number of ether oxygens (including phenoxy) is 2. The normalized spacial score (nSPS) is 21.5. The molecule has 2 rings (SSSR count). The van der Waals surface area contributed by atoms with Crippen molar-refractivity contribution in [3.63, 3.8) is 0 Å². The summed E-state index contributed by atoms with van der Waals surface area (Å²) in [6.45, 7) is 4.02. The number of carboxylic acid groups (broad SMARTS) is 1. The summed E-state index contributed by atoms with van der Waals surface area (Å²) in [5.74, 6) is -0.0697. The molecule has 1 aromatic carbocycles. The molecular weight excluding hydrogens is 248 g/mol. The van der Waals surface area contributed by atoms with E-state index in [4.69, 9.17) is 14.6 Å². The molecule has 5 heteroatoms. The summed E-state index contributed by atoms with van der Waals surface area (Å²) in [6, 6.07) is 5.00. The summed E-state index contributed by atoms with van der Waals surface area (Å²) in [5, 5.41) is 8.87. The Kier molecular flexibility index (Phi) is 3.46. The fourth-order valence-corrected chi connectivity index (χ4v) is 2.23. The van der Waals surface area contributed by atoms with Crippen LogP contribution in [-0.2, 0) is 4.79 Å². The molecule has 1 heterocycles. The van der Waals surface area contributed by atoms with Crippen LogP contribution < -0.4 is 9.47 Å². The number of carboxylic acids is 1. The third kappa shape index (κ3) is 2.86. The van der Waals surface area contributed by atoms with Gasteiger partial charge in [0.05, 0.1) is 25.0 Å². The summed E-state index contributed by atoms with van der Waals surface area (Å²) in [5.41, 5.74) is -0.530. The van der Waals surface area contributed by atoms with Crippen LogP contribution in [0.2, 0.25) is 0 Å². The van der Waals surface area contributed by atoms with Crippen LogP contribution in [0.3, 0.4) is 0 Å². The van der Waals surface area contributed by atoms with Gasteiger partial charge in [-0.15, -0.1) is 0 Å². The van der Waals surface area contributed by atoms with Gasteiger partial charge in [0.1, 0.15) is 17.1 Å². The lowest BCUT2D eigenvalue weighted by Gasteiger charge is -2.33. The summed E-state index contributed by atoms with van der Waals surface area (Å²) in [7, 11) is 0. The van der Waals surface area contributed by atoms with Crippen molar-refractivity contribution in [3.05, 3.63) is 23.8 Å². The van der Waals surface area contributed by atoms with E-state index in [0.29, 0.717) is 23.7 Å². The predicted octanol–water partition coefficient (Wildman–Crippen LogP) is 2.28. The fraction of sp³-hybridized carbons (Fsp3) is 0.429. The average Bonchev–Trinajstić information content (AvgIpc) is 2.28. The Morgan fingerprint density at radius 2 is 2.26 bits per heavy atom. The zero-order valence-electron chi connectivity index (χ0n) is 10.9. The number of hydrogen-bond donors (Lipinski definition) is 1. The molecule has 102 valence electrons. The highest BCUT2D eigenvalue weighted by Gasteiger charge is 2.38. The van der Waals surface area contributed by atoms with Gasteiger partial charge in [-0.3, -0.25) is 9.59 Å². The van der Waals surface area contributed by atoms with Crippen LogP contribution in [0.5, 0.6) is 11.5 Å². The number of carbonyl (C=O) groups excluding carboxylic acids is 1. The fourth-order valence-electron chi connectivity index (χ4n) is 2.23. The summed E-state index contributed by atoms with van der Waals surface area (Å²) >= 11 is 0. The molecule has 19 heavy (non-hydrogen) atoms. The highest BCUT2D eigenvalue weighted by molar-refractivity contribution is 6.01. The Bertz CT molecular complexity index is 523. The van der Waals surface area contributed by atoms with Crippen LogP contribution in [0.1, 0.15) is 37.0 Å². The highest BCUT2D eigenvalue weighted by atomic mass is 16.5. The van der Waals surface area contributed by atoms with Gasteiger partial charge < -0.3 is 14.6 Å². The Balaban J connectivity index is 2.30. The predicted molar refractivity (Wildman–Crippen MR) is 67.8 cm³/mol. The summed E-state index contributed by atoms with van der Waals surface area (Å²) < 4.78 is 11.0. The molecule has 0 aliphatic carbocycles. The number of ketones is 1. The lowest BCUT2D eigenvalue weighted by molar-refractivity contribution is -0.141. The minimum atomic E-state index is -0.983. The van der Waals surface area contributed by atoms with Gasteiger partial charge in [0.2, 0.25) is 0 Å². The highest BCUT2D eigenvalue weighted by Crippen LogP contribution is 2.36. The average molecular weight is 264 g/mol. The van der Waals surface area contributed by atoms with E-state index < -0.39 is 11.6 Å². The van der Waals surface area contributed by atoms with E-state index in [1.807, 2.05) is 6.92 Å². The van der Waals surface area contributed by atoms with Crippen LogP contribution in [-0.4, -0.2) is 29.1 Å². The molecular formula is C14H16O5. The zero-order chi connectivity index (χ0) is 14.0. The van der Waals surface area contributed by atoms with Crippen molar-refractivity contribution in [2.24, 2.45) is 0 Å². The second kappa shape index (κ2) is 4.91. The molecule has 1 atom stereocenters. The Labute approximate surface area is 111 Å². The molecule has 1 aliphatic rings. The molecule has 1 unspecified atom stereocenters. The molecule has 0 amide bonds. The quantitative estimate of drug-likeness (QED) is 0.903. The van der Waals surface area contributed by atoms with Crippen molar-refractivity contribution >= 4 is 11.8 Å². The number of Topliss-reactive ketones (excluding diaryl/α,β-unsaturated/α-hetero) is 1. The Morgan fingerprint density at radius 3 is 2.89 bits per heavy atom. The number of hydrogen-bond acceptors (Lipinski definition) is 4. The van der Waals surface area contributed by atoms with E-state index in [0.717, 1.165) is 0 Å².